The Morgan fingerprint density at radius 1 is 1.38 bits per heavy atom. The summed E-state index contributed by atoms with van der Waals surface area (Å²) >= 11 is 0. The second-order valence-corrected chi connectivity index (χ2v) is 7.92. The summed E-state index contributed by atoms with van der Waals surface area (Å²) in [6.07, 6.45) is 1.29. The van der Waals surface area contributed by atoms with Crippen LogP contribution in [0.5, 0.6) is 0 Å². The predicted octanol–water partition coefficient (Wildman–Crippen LogP) is 1.47. The van der Waals surface area contributed by atoms with Crippen LogP contribution in [0.25, 0.3) is 0 Å². The number of amides is 1. The number of esters is 1. The summed E-state index contributed by atoms with van der Waals surface area (Å²) in [6.45, 7) is 2.24. The quantitative estimate of drug-likeness (QED) is 0.809. The van der Waals surface area contributed by atoms with Gasteiger partial charge in [-0.2, -0.15) is 0 Å². The smallest absolute Gasteiger partial charge is 0.337 e. The Hall–Kier alpha value is -1.93. The number of piperidine rings is 1. The molecule has 0 radical (unpaired) electrons. The monoisotopic (exact) mass is 354 g/mol. The molecule has 1 fully saturated rings. The average Bonchev–Trinajstić information content (AvgIpc) is 2.61. The summed E-state index contributed by atoms with van der Waals surface area (Å²) in [7, 11) is -2.00. The van der Waals surface area contributed by atoms with Gasteiger partial charge < -0.3 is 10.1 Å². The van der Waals surface area contributed by atoms with Gasteiger partial charge in [0.1, 0.15) is 0 Å². The average molecular weight is 354 g/mol. The summed E-state index contributed by atoms with van der Waals surface area (Å²) in [5.41, 5.74) is 0.826. The minimum Gasteiger partial charge on any atom is -0.465 e. The number of carbonyl (C=O) groups is 2. The van der Waals surface area contributed by atoms with E-state index >= 15 is 0 Å². The molecule has 1 saturated heterocycles. The zero-order chi connectivity index (χ0) is 17.7. The largest absolute Gasteiger partial charge is 0.465 e. The summed E-state index contributed by atoms with van der Waals surface area (Å²) in [5.74, 6) is -1.10. The zero-order valence-corrected chi connectivity index (χ0v) is 14.6. The number of sulfonamides is 1. The molecule has 1 aromatic rings. The molecule has 8 heteroatoms. The lowest BCUT2D eigenvalue weighted by Crippen LogP contribution is -2.44. The highest BCUT2D eigenvalue weighted by Gasteiger charge is 2.31. The fourth-order valence-corrected chi connectivity index (χ4v) is 3.86. The molecule has 1 aliphatic heterocycles. The van der Waals surface area contributed by atoms with Gasteiger partial charge >= 0.3 is 5.97 Å². The number of hydrogen-bond acceptors (Lipinski definition) is 5. The van der Waals surface area contributed by atoms with Crippen molar-refractivity contribution in [3.05, 3.63) is 29.8 Å². The molecule has 0 spiro atoms. The van der Waals surface area contributed by atoms with Crippen LogP contribution >= 0.6 is 0 Å². The molecule has 132 valence electrons. The second kappa shape index (κ2) is 7.76. The van der Waals surface area contributed by atoms with Crippen molar-refractivity contribution in [3.8, 4) is 0 Å². The van der Waals surface area contributed by atoms with Crippen LogP contribution in [0.4, 0.5) is 5.69 Å². The molecule has 1 aromatic carbocycles. The first kappa shape index (κ1) is 18.4. The third-order valence-corrected chi connectivity index (χ3v) is 5.91. The molecule has 0 saturated carbocycles. The highest BCUT2D eigenvalue weighted by Crippen LogP contribution is 2.21. The Kier molecular flexibility index (Phi) is 5.95. The lowest BCUT2D eigenvalue weighted by atomic mass is 9.98. The molecule has 1 N–H and O–H groups in total. The van der Waals surface area contributed by atoms with Crippen LogP contribution in [0.15, 0.2) is 24.3 Å². The maximum absolute atomic E-state index is 12.4. The van der Waals surface area contributed by atoms with Gasteiger partial charge in [0.2, 0.25) is 15.9 Å². The van der Waals surface area contributed by atoms with Gasteiger partial charge in [0, 0.05) is 18.8 Å². The van der Waals surface area contributed by atoms with Gasteiger partial charge in [-0.15, -0.1) is 0 Å². The molecular weight excluding hydrogens is 332 g/mol. The fourth-order valence-electron chi connectivity index (χ4n) is 2.68. The molecular formula is C16H22N2O5S. The minimum atomic E-state index is -3.29. The van der Waals surface area contributed by atoms with Crippen LogP contribution < -0.4 is 5.32 Å². The van der Waals surface area contributed by atoms with Gasteiger partial charge in [-0.05, 0) is 38.0 Å². The number of rotatable bonds is 5. The number of hydrogen-bond donors (Lipinski definition) is 1. The van der Waals surface area contributed by atoms with Crippen molar-refractivity contribution in [2.24, 2.45) is 5.92 Å². The Bertz CT molecular complexity index is 717. The third kappa shape index (κ3) is 4.33. The number of benzene rings is 1. The van der Waals surface area contributed by atoms with E-state index in [1.54, 1.807) is 25.1 Å². The Balaban J connectivity index is 2.06. The van der Waals surface area contributed by atoms with Gasteiger partial charge in [-0.25, -0.2) is 17.5 Å². The molecule has 0 aromatic heterocycles. The number of carbonyl (C=O) groups excluding carboxylic acids is 2. The molecule has 0 unspecified atom stereocenters. The maximum atomic E-state index is 12.4. The van der Waals surface area contributed by atoms with Gasteiger partial charge in [-0.1, -0.05) is 6.07 Å². The van der Waals surface area contributed by atoms with Gasteiger partial charge in [0.15, 0.2) is 0 Å². The Morgan fingerprint density at radius 2 is 2.12 bits per heavy atom. The molecule has 1 atom stereocenters. The van der Waals surface area contributed by atoms with Crippen LogP contribution in [0.2, 0.25) is 0 Å². The maximum Gasteiger partial charge on any atom is 0.337 e. The molecule has 7 nitrogen and oxygen atoms in total. The third-order valence-electron chi connectivity index (χ3n) is 4.06. The number of nitrogens with one attached hydrogen (secondary N) is 1. The molecule has 1 aliphatic rings. The normalized spacial score (nSPS) is 18.8. The number of anilines is 1. The van der Waals surface area contributed by atoms with E-state index in [9.17, 15) is 18.0 Å². The molecule has 24 heavy (non-hydrogen) atoms. The minimum absolute atomic E-state index is 0.0303. The molecule has 0 bridgehead atoms. The lowest BCUT2D eigenvalue weighted by molar-refractivity contribution is -0.120. The highest BCUT2D eigenvalue weighted by molar-refractivity contribution is 7.89. The van der Waals surface area contributed by atoms with Crippen LogP contribution in [0.1, 0.15) is 30.1 Å². The summed E-state index contributed by atoms with van der Waals surface area (Å²) in [5, 5.41) is 2.75. The van der Waals surface area contributed by atoms with Crippen molar-refractivity contribution in [2.75, 3.05) is 31.3 Å². The molecule has 2 rings (SSSR count). The van der Waals surface area contributed by atoms with Crippen molar-refractivity contribution < 1.29 is 22.7 Å². The van der Waals surface area contributed by atoms with E-state index in [0.717, 1.165) is 0 Å². The van der Waals surface area contributed by atoms with Crippen LogP contribution in [-0.2, 0) is 19.6 Å². The zero-order valence-electron chi connectivity index (χ0n) is 13.8. The fraction of sp³-hybridized carbons (Fsp3) is 0.500. The van der Waals surface area contributed by atoms with Crippen LogP contribution in [-0.4, -0.2) is 50.6 Å². The number of nitrogens with zero attached hydrogens (tertiary/aromatic N) is 1. The van der Waals surface area contributed by atoms with Crippen molar-refractivity contribution in [1.29, 1.82) is 0 Å². The Labute approximate surface area is 142 Å². The molecule has 1 heterocycles. The number of methoxy groups -OCH3 is 1. The van der Waals surface area contributed by atoms with Crippen LogP contribution in [0, 0.1) is 5.92 Å². The van der Waals surface area contributed by atoms with Gasteiger partial charge in [0.25, 0.3) is 0 Å². The van der Waals surface area contributed by atoms with E-state index in [2.05, 4.69) is 10.1 Å². The van der Waals surface area contributed by atoms with E-state index < -0.39 is 21.9 Å². The lowest BCUT2D eigenvalue weighted by Gasteiger charge is -2.30. The van der Waals surface area contributed by atoms with Crippen molar-refractivity contribution in [1.82, 2.24) is 4.31 Å². The SMILES string of the molecule is CCS(=O)(=O)N1CCC[C@@H](C(=O)Nc2cccc(C(=O)OC)c2)C1. The first-order valence-corrected chi connectivity index (χ1v) is 9.45. The first-order chi connectivity index (χ1) is 11.4. The highest BCUT2D eigenvalue weighted by atomic mass is 32.2. The van der Waals surface area contributed by atoms with E-state index in [4.69, 9.17) is 0 Å². The topological polar surface area (TPSA) is 92.8 Å². The van der Waals surface area contributed by atoms with E-state index in [1.165, 1.54) is 17.5 Å². The molecule has 0 aliphatic carbocycles. The Morgan fingerprint density at radius 3 is 2.79 bits per heavy atom. The summed E-state index contributed by atoms with van der Waals surface area (Å²) in [4.78, 5) is 24.0. The van der Waals surface area contributed by atoms with Gasteiger partial charge in [0.05, 0.1) is 24.3 Å². The van der Waals surface area contributed by atoms with Crippen molar-refractivity contribution >= 4 is 27.6 Å². The summed E-state index contributed by atoms with van der Waals surface area (Å²) < 4.78 is 30.0. The summed E-state index contributed by atoms with van der Waals surface area (Å²) in [6, 6.07) is 6.45. The molecule has 1 amide bonds. The standard InChI is InChI=1S/C16H22N2O5S/c1-3-24(21,22)18-9-5-7-13(11-18)15(19)17-14-8-4-6-12(10-14)16(20)23-2/h4,6,8,10,13H,3,5,7,9,11H2,1-2H3,(H,17,19)/t13-/m1/s1. The number of ether oxygens (including phenoxy) is 1. The van der Waals surface area contributed by atoms with E-state index in [0.29, 0.717) is 30.6 Å². The van der Waals surface area contributed by atoms with Crippen molar-refractivity contribution in [3.63, 3.8) is 0 Å². The second-order valence-electron chi connectivity index (χ2n) is 5.66. The van der Waals surface area contributed by atoms with Gasteiger partial charge in [-0.3, -0.25) is 4.79 Å². The van der Waals surface area contributed by atoms with Crippen molar-refractivity contribution in [2.45, 2.75) is 19.8 Å². The van der Waals surface area contributed by atoms with Crippen LogP contribution in [0.3, 0.4) is 0 Å². The first-order valence-electron chi connectivity index (χ1n) is 7.84. The predicted molar refractivity (Wildman–Crippen MR) is 90.2 cm³/mol. The van der Waals surface area contributed by atoms with E-state index in [1.807, 2.05) is 0 Å². The van der Waals surface area contributed by atoms with E-state index in [-0.39, 0.29) is 18.2 Å².